The SMILES string of the molecule is O=C(O)C1CCCN1C(=O)CCCOc1ccc2c(c1)OCO2. The van der Waals surface area contributed by atoms with Gasteiger partial charge in [0.15, 0.2) is 11.5 Å². The molecule has 0 spiro atoms. The molecule has 1 fully saturated rings. The van der Waals surface area contributed by atoms with Crippen LogP contribution in [0.1, 0.15) is 25.7 Å². The topological polar surface area (TPSA) is 85.3 Å². The maximum Gasteiger partial charge on any atom is 0.326 e. The van der Waals surface area contributed by atoms with Crippen molar-refractivity contribution in [2.75, 3.05) is 19.9 Å². The number of ether oxygens (including phenoxy) is 3. The Morgan fingerprint density at radius 2 is 2.13 bits per heavy atom. The first-order valence-corrected chi connectivity index (χ1v) is 7.70. The number of carboxylic acid groups (broad SMARTS) is 1. The number of aliphatic carboxylic acids is 1. The summed E-state index contributed by atoms with van der Waals surface area (Å²) in [5.41, 5.74) is 0. The van der Waals surface area contributed by atoms with Gasteiger partial charge < -0.3 is 24.2 Å². The Bertz CT molecular complexity index is 602. The number of carboxylic acids is 1. The molecule has 0 bridgehead atoms. The molecule has 23 heavy (non-hydrogen) atoms. The summed E-state index contributed by atoms with van der Waals surface area (Å²) in [6.45, 7) is 1.13. The van der Waals surface area contributed by atoms with E-state index in [0.717, 1.165) is 6.42 Å². The van der Waals surface area contributed by atoms with Gasteiger partial charge in [0.1, 0.15) is 11.8 Å². The van der Waals surface area contributed by atoms with E-state index in [1.54, 1.807) is 18.2 Å². The van der Waals surface area contributed by atoms with Gasteiger partial charge in [0.05, 0.1) is 6.61 Å². The van der Waals surface area contributed by atoms with Crippen LogP contribution in [0.5, 0.6) is 17.2 Å². The Morgan fingerprint density at radius 3 is 2.96 bits per heavy atom. The number of carbonyl (C=O) groups is 2. The van der Waals surface area contributed by atoms with Crippen molar-refractivity contribution in [2.24, 2.45) is 0 Å². The molecule has 1 amide bonds. The van der Waals surface area contributed by atoms with E-state index in [-0.39, 0.29) is 19.1 Å². The van der Waals surface area contributed by atoms with Crippen LogP contribution in [0.4, 0.5) is 0 Å². The van der Waals surface area contributed by atoms with Crippen molar-refractivity contribution >= 4 is 11.9 Å². The number of amides is 1. The van der Waals surface area contributed by atoms with Gasteiger partial charge in [-0.1, -0.05) is 0 Å². The van der Waals surface area contributed by atoms with E-state index >= 15 is 0 Å². The average Bonchev–Trinajstić information content (AvgIpc) is 3.19. The predicted molar refractivity (Wildman–Crippen MR) is 79.7 cm³/mol. The minimum absolute atomic E-state index is 0.121. The molecule has 1 aromatic rings. The van der Waals surface area contributed by atoms with Gasteiger partial charge in [-0.05, 0) is 31.4 Å². The van der Waals surface area contributed by atoms with Gasteiger partial charge in [0.2, 0.25) is 12.7 Å². The van der Waals surface area contributed by atoms with Crippen molar-refractivity contribution in [3.8, 4) is 17.2 Å². The van der Waals surface area contributed by atoms with E-state index in [0.29, 0.717) is 43.2 Å². The summed E-state index contributed by atoms with van der Waals surface area (Å²) in [5.74, 6) is 0.962. The Labute approximate surface area is 133 Å². The van der Waals surface area contributed by atoms with Gasteiger partial charge in [-0.3, -0.25) is 4.79 Å². The van der Waals surface area contributed by atoms with Crippen molar-refractivity contribution in [1.82, 2.24) is 4.90 Å². The molecule has 2 heterocycles. The van der Waals surface area contributed by atoms with Crippen molar-refractivity contribution < 1.29 is 28.9 Å². The number of nitrogens with zero attached hydrogens (tertiary/aromatic N) is 1. The summed E-state index contributed by atoms with van der Waals surface area (Å²) in [5, 5.41) is 9.09. The maximum absolute atomic E-state index is 12.1. The smallest absolute Gasteiger partial charge is 0.326 e. The number of likely N-dealkylation sites (tertiary alicyclic amines) is 1. The monoisotopic (exact) mass is 321 g/mol. The molecule has 2 aliphatic rings. The minimum atomic E-state index is -0.924. The molecule has 0 saturated carbocycles. The second kappa shape index (κ2) is 6.76. The third-order valence-electron chi connectivity index (χ3n) is 4.01. The summed E-state index contributed by atoms with van der Waals surface area (Å²) in [7, 11) is 0. The van der Waals surface area contributed by atoms with Crippen LogP contribution in [-0.4, -0.2) is 47.9 Å². The van der Waals surface area contributed by atoms with E-state index in [2.05, 4.69) is 0 Å². The van der Waals surface area contributed by atoms with Crippen LogP contribution < -0.4 is 14.2 Å². The molecule has 7 nitrogen and oxygen atoms in total. The summed E-state index contributed by atoms with van der Waals surface area (Å²) in [4.78, 5) is 24.6. The molecule has 1 atom stereocenters. The minimum Gasteiger partial charge on any atom is -0.493 e. The Kier molecular flexibility index (Phi) is 4.55. The second-order valence-electron chi connectivity index (χ2n) is 5.55. The zero-order chi connectivity index (χ0) is 16.2. The van der Waals surface area contributed by atoms with Gasteiger partial charge in [-0.2, -0.15) is 0 Å². The highest BCUT2D eigenvalue weighted by atomic mass is 16.7. The molecule has 1 unspecified atom stereocenters. The Morgan fingerprint density at radius 1 is 1.30 bits per heavy atom. The van der Waals surface area contributed by atoms with Crippen molar-refractivity contribution in [2.45, 2.75) is 31.7 Å². The van der Waals surface area contributed by atoms with E-state index in [4.69, 9.17) is 19.3 Å². The molecule has 124 valence electrons. The van der Waals surface area contributed by atoms with Gasteiger partial charge in [0, 0.05) is 19.0 Å². The standard InChI is InChI=1S/C16H19NO6/c18-15(17-7-1-3-12(17)16(19)20)4-2-8-21-11-5-6-13-14(9-11)23-10-22-13/h5-6,9,12H,1-4,7-8,10H2,(H,19,20). The first-order valence-electron chi connectivity index (χ1n) is 7.70. The van der Waals surface area contributed by atoms with E-state index < -0.39 is 12.0 Å². The number of rotatable bonds is 6. The lowest BCUT2D eigenvalue weighted by Gasteiger charge is -2.21. The highest BCUT2D eigenvalue weighted by molar-refractivity contribution is 5.84. The van der Waals surface area contributed by atoms with Crippen molar-refractivity contribution in [1.29, 1.82) is 0 Å². The molecule has 0 aromatic heterocycles. The summed E-state index contributed by atoms with van der Waals surface area (Å²) >= 11 is 0. The van der Waals surface area contributed by atoms with Crippen molar-refractivity contribution in [3.63, 3.8) is 0 Å². The van der Waals surface area contributed by atoms with Crippen LogP contribution in [0.3, 0.4) is 0 Å². The van der Waals surface area contributed by atoms with Crippen molar-refractivity contribution in [3.05, 3.63) is 18.2 Å². The van der Waals surface area contributed by atoms with Gasteiger partial charge >= 0.3 is 5.97 Å². The van der Waals surface area contributed by atoms with Crippen LogP contribution in [0.25, 0.3) is 0 Å². The quantitative estimate of drug-likeness (QED) is 0.802. The predicted octanol–water partition coefficient (Wildman–Crippen LogP) is 1.65. The number of carbonyl (C=O) groups excluding carboxylic acids is 1. The Balaban J connectivity index is 1.43. The summed E-state index contributed by atoms with van der Waals surface area (Å²) in [6, 6.07) is 4.66. The number of benzene rings is 1. The zero-order valence-corrected chi connectivity index (χ0v) is 12.7. The zero-order valence-electron chi connectivity index (χ0n) is 12.7. The molecule has 7 heteroatoms. The first kappa shape index (κ1) is 15.5. The van der Waals surface area contributed by atoms with E-state index in [1.165, 1.54) is 4.90 Å². The molecule has 0 aliphatic carbocycles. The number of hydrogen-bond donors (Lipinski definition) is 1. The Hall–Kier alpha value is -2.44. The van der Waals surface area contributed by atoms with Crippen LogP contribution >= 0.6 is 0 Å². The van der Waals surface area contributed by atoms with Crippen LogP contribution in [0.2, 0.25) is 0 Å². The second-order valence-corrected chi connectivity index (χ2v) is 5.55. The lowest BCUT2D eigenvalue weighted by Crippen LogP contribution is -2.40. The average molecular weight is 321 g/mol. The van der Waals surface area contributed by atoms with E-state index in [1.807, 2.05) is 0 Å². The third-order valence-corrected chi connectivity index (χ3v) is 4.01. The van der Waals surface area contributed by atoms with Crippen LogP contribution in [0.15, 0.2) is 18.2 Å². The van der Waals surface area contributed by atoms with Gasteiger partial charge in [-0.15, -0.1) is 0 Å². The lowest BCUT2D eigenvalue weighted by molar-refractivity contribution is -0.148. The molecule has 1 N–H and O–H groups in total. The van der Waals surface area contributed by atoms with Gasteiger partial charge in [-0.25, -0.2) is 4.79 Å². The molecule has 3 rings (SSSR count). The molecular formula is C16H19NO6. The van der Waals surface area contributed by atoms with E-state index in [9.17, 15) is 9.59 Å². The molecular weight excluding hydrogens is 302 g/mol. The lowest BCUT2D eigenvalue weighted by atomic mass is 10.2. The summed E-state index contributed by atoms with van der Waals surface area (Å²) < 4.78 is 16.1. The van der Waals surface area contributed by atoms with Crippen LogP contribution in [-0.2, 0) is 9.59 Å². The first-order chi connectivity index (χ1) is 11.1. The highest BCUT2D eigenvalue weighted by Gasteiger charge is 2.33. The number of hydrogen-bond acceptors (Lipinski definition) is 5. The largest absolute Gasteiger partial charge is 0.493 e. The van der Waals surface area contributed by atoms with Gasteiger partial charge in [0.25, 0.3) is 0 Å². The maximum atomic E-state index is 12.1. The number of fused-ring (bicyclic) bond motifs is 1. The highest BCUT2D eigenvalue weighted by Crippen LogP contribution is 2.35. The van der Waals surface area contributed by atoms with Crippen LogP contribution in [0, 0.1) is 0 Å². The normalized spacial score (nSPS) is 19.0. The fraction of sp³-hybridized carbons (Fsp3) is 0.500. The molecule has 1 saturated heterocycles. The summed E-state index contributed by atoms with van der Waals surface area (Å²) in [6.07, 6.45) is 2.11. The fourth-order valence-electron chi connectivity index (χ4n) is 2.85. The molecule has 1 aromatic carbocycles. The molecule has 2 aliphatic heterocycles. The fourth-order valence-corrected chi connectivity index (χ4v) is 2.85. The molecule has 0 radical (unpaired) electrons. The third kappa shape index (κ3) is 3.49.